The molecule has 5 nitrogen and oxygen atoms in total. The Morgan fingerprint density at radius 2 is 1.00 bits per heavy atom. The molecule has 0 N–H and O–H groups in total. The number of benzene rings is 3. The lowest BCUT2D eigenvalue weighted by atomic mass is 10.0. The summed E-state index contributed by atoms with van der Waals surface area (Å²) >= 11 is 0. The van der Waals surface area contributed by atoms with Crippen LogP contribution in [0.4, 0.5) is 0 Å². The van der Waals surface area contributed by atoms with E-state index in [1.165, 1.54) is 0 Å². The van der Waals surface area contributed by atoms with Gasteiger partial charge in [-0.05, 0) is 16.7 Å². The number of carbonyl (C=O) groups excluding carboxylic acids is 1. The Kier molecular flexibility index (Phi) is 8.04. The zero-order valence-electron chi connectivity index (χ0n) is 18.1. The number of hydrogen-bond acceptors (Lipinski definition) is 4. The quantitative estimate of drug-likeness (QED) is 0.451. The molecule has 1 unspecified atom stereocenters. The highest BCUT2D eigenvalue weighted by Crippen LogP contribution is 2.23. The molecule has 5 heteroatoms. The second kappa shape index (κ2) is 11.6. The van der Waals surface area contributed by atoms with Gasteiger partial charge in [-0.15, -0.1) is 0 Å². The van der Waals surface area contributed by atoms with Crippen LogP contribution in [0.5, 0.6) is 0 Å². The van der Waals surface area contributed by atoms with E-state index in [9.17, 15) is 4.79 Å². The minimum absolute atomic E-state index is 0.293. The van der Waals surface area contributed by atoms with Gasteiger partial charge in [-0.2, -0.15) is 0 Å². The van der Waals surface area contributed by atoms with Gasteiger partial charge in [-0.25, -0.2) is 0 Å². The maximum absolute atomic E-state index is 11.7. The summed E-state index contributed by atoms with van der Waals surface area (Å²) in [5.41, 5.74) is 3.26. The summed E-state index contributed by atoms with van der Waals surface area (Å²) in [5.74, 6) is 0. The minimum Gasteiger partial charge on any atom is -0.369 e. The van der Waals surface area contributed by atoms with Crippen molar-refractivity contribution < 1.29 is 19.0 Å². The fraction of sp³-hybridized carbons (Fsp3) is 0.296. The molecule has 1 amide bonds. The second-order valence-corrected chi connectivity index (χ2v) is 7.99. The Morgan fingerprint density at radius 3 is 1.38 bits per heavy atom. The molecule has 0 aliphatic carbocycles. The third kappa shape index (κ3) is 6.26. The molecule has 4 rings (SSSR count). The first kappa shape index (κ1) is 22.2. The maximum atomic E-state index is 11.7. The Morgan fingerprint density at radius 1 is 0.625 bits per heavy atom. The second-order valence-electron chi connectivity index (χ2n) is 7.99. The van der Waals surface area contributed by atoms with Gasteiger partial charge in [0.15, 0.2) is 0 Å². The van der Waals surface area contributed by atoms with E-state index in [1.54, 1.807) is 4.90 Å². The van der Waals surface area contributed by atoms with Crippen LogP contribution in [0.2, 0.25) is 0 Å². The standard InChI is InChI=1S/C27H29NO4/c29-21-28-16-25(30-18-22-10-4-1-5-11-22)27(32-20-24-14-8-3-9-15-24)26(17-28)31-19-23-12-6-2-7-13-23/h1-15,21,25-27H,16-20H2/t25-,26+,27?. The molecule has 3 aromatic rings. The summed E-state index contributed by atoms with van der Waals surface area (Å²) in [6.45, 7) is 2.31. The predicted octanol–water partition coefficient (Wildman–Crippen LogP) is 4.21. The SMILES string of the molecule is O=CN1C[C@H](OCc2ccccc2)C(OCc2ccccc2)[C@H](OCc2ccccc2)C1. The molecule has 0 radical (unpaired) electrons. The normalized spacial score (nSPS) is 20.8. The van der Waals surface area contributed by atoms with Gasteiger partial charge in [-0.3, -0.25) is 4.79 Å². The number of carbonyl (C=O) groups is 1. The number of piperidine rings is 1. The maximum Gasteiger partial charge on any atom is 0.209 e. The molecule has 1 aliphatic rings. The van der Waals surface area contributed by atoms with Gasteiger partial charge < -0.3 is 19.1 Å². The van der Waals surface area contributed by atoms with E-state index < -0.39 is 0 Å². The molecule has 166 valence electrons. The van der Waals surface area contributed by atoms with E-state index >= 15 is 0 Å². The first-order valence-electron chi connectivity index (χ1n) is 11.0. The number of hydrogen-bond donors (Lipinski definition) is 0. The molecule has 0 aromatic heterocycles. The summed E-state index contributed by atoms with van der Waals surface area (Å²) in [7, 11) is 0. The summed E-state index contributed by atoms with van der Waals surface area (Å²) in [6.07, 6.45) is -0.0124. The number of likely N-dealkylation sites (tertiary alicyclic amines) is 1. The van der Waals surface area contributed by atoms with Crippen molar-refractivity contribution in [3.8, 4) is 0 Å². The zero-order valence-corrected chi connectivity index (χ0v) is 18.1. The number of ether oxygens (including phenoxy) is 3. The Labute approximate surface area is 189 Å². The van der Waals surface area contributed by atoms with Crippen molar-refractivity contribution in [3.05, 3.63) is 108 Å². The van der Waals surface area contributed by atoms with Crippen LogP contribution in [0.25, 0.3) is 0 Å². The monoisotopic (exact) mass is 431 g/mol. The molecule has 0 saturated carbocycles. The van der Waals surface area contributed by atoms with Gasteiger partial charge in [0.2, 0.25) is 6.41 Å². The molecule has 1 fully saturated rings. The third-order valence-electron chi connectivity index (χ3n) is 5.61. The van der Waals surface area contributed by atoms with Gasteiger partial charge >= 0.3 is 0 Å². The smallest absolute Gasteiger partial charge is 0.209 e. The lowest BCUT2D eigenvalue weighted by Gasteiger charge is -2.41. The zero-order chi connectivity index (χ0) is 22.0. The number of rotatable bonds is 10. The fourth-order valence-corrected chi connectivity index (χ4v) is 3.90. The van der Waals surface area contributed by atoms with Gasteiger partial charge in [0.1, 0.15) is 18.3 Å². The number of nitrogens with zero attached hydrogens (tertiary/aromatic N) is 1. The minimum atomic E-state index is -0.293. The molecule has 0 bridgehead atoms. The van der Waals surface area contributed by atoms with E-state index in [0.717, 1.165) is 23.1 Å². The Balaban J connectivity index is 1.48. The van der Waals surface area contributed by atoms with E-state index in [0.29, 0.717) is 32.9 Å². The van der Waals surface area contributed by atoms with Crippen molar-refractivity contribution in [1.29, 1.82) is 0 Å². The molecule has 1 aliphatic heterocycles. The van der Waals surface area contributed by atoms with Gasteiger partial charge in [0, 0.05) is 13.1 Å². The highest BCUT2D eigenvalue weighted by atomic mass is 16.6. The van der Waals surface area contributed by atoms with Crippen molar-refractivity contribution in [2.45, 2.75) is 38.1 Å². The molecular formula is C27H29NO4. The van der Waals surface area contributed by atoms with Gasteiger partial charge in [0.25, 0.3) is 0 Å². The predicted molar refractivity (Wildman–Crippen MR) is 123 cm³/mol. The van der Waals surface area contributed by atoms with Crippen LogP contribution >= 0.6 is 0 Å². The highest BCUT2D eigenvalue weighted by Gasteiger charge is 2.39. The lowest BCUT2D eigenvalue weighted by molar-refractivity contribution is -0.184. The topological polar surface area (TPSA) is 48.0 Å². The van der Waals surface area contributed by atoms with Crippen LogP contribution in [-0.2, 0) is 38.8 Å². The van der Waals surface area contributed by atoms with E-state index in [4.69, 9.17) is 14.2 Å². The van der Waals surface area contributed by atoms with Crippen molar-refractivity contribution in [1.82, 2.24) is 4.90 Å². The van der Waals surface area contributed by atoms with Gasteiger partial charge in [-0.1, -0.05) is 91.0 Å². The Hall–Kier alpha value is -2.99. The first-order valence-corrected chi connectivity index (χ1v) is 11.0. The van der Waals surface area contributed by atoms with Crippen molar-refractivity contribution in [2.24, 2.45) is 0 Å². The highest BCUT2D eigenvalue weighted by molar-refractivity contribution is 5.47. The molecule has 3 atom stereocenters. The fourth-order valence-electron chi connectivity index (χ4n) is 3.90. The first-order chi connectivity index (χ1) is 15.8. The van der Waals surface area contributed by atoms with E-state index in [-0.39, 0.29) is 18.3 Å². The average Bonchev–Trinajstić information content (AvgIpc) is 2.87. The lowest BCUT2D eigenvalue weighted by Crippen LogP contribution is -2.57. The van der Waals surface area contributed by atoms with Crippen LogP contribution in [0.1, 0.15) is 16.7 Å². The van der Waals surface area contributed by atoms with Crippen LogP contribution in [0.3, 0.4) is 0 Å². The summed E-state index contributed by atoms with van der Waals surface area (Å²) < 4.78 is 18.9. The molecular weight excluding hydrogens is 402 g/mol. The summed E-state index contributed by atoms with van der Waals surface area (Å²) in [5, 5.41) is 0. The molecule has 1 saturated heterocycles. The molecule has 32 heavy (non-hydrogen) atoms. The molecule has 1 heterocycles. The summed E-state index contributed by atoms with van der Waals surface area (Å²) in [6, 6.07) is 30.1. The van der Waals surface area contributed by atoms with Crippen molar-refractivity contribution in [3.63, 3.8) is 0 Å². The number of amides is 1. The van der Waals surface area contributed by atoms with Crippen LogP contribution in [-0.4, -0.2) is 42.7 Å². The van der Waals surface area contributed by atoms with E-state index in [2.05, 4.69) is 0 Å². The van der Waals surface area contributed by atoms with Gasteiger partial charge in [0.05, 0.1) is 19.8 Å². The summed E-state index contributed by atoms with van der Waals surface area (Å²) in [4.78, 5) is 13.4. The molecule has 0 spiro atoms. The van der Waals surface area contributed by atoms with E-state index in [1.807, 2.05) is 91.0 Å². The van der Waals surface area contributed by atoms with Crippen molar-refractivity contribution >= 4 is 6.41 Å². The molecule has 3 aromatic carbocycles. The van der Waals surface area contributed by atoms with Crippen molar-refractivity contribution in [2.75, 3.05) is 13.1 Å². The Bertz CT molecular complexity index is 882. The average molecular weight is 432 g/mol. The van der Waals surface area contributed by atoms with Crippen LogP contribution < -0.4 is 0 Å². The van der Waals surface area contributed by atoms with Crippen LogP contribution in [0, 0.1) is 0 Å². The third-order valence-corrected chi connectivity index (χ3v) is 5.61. The largest absolute Gasteiger partial charge is 0.369 e. The van der Waals surface area contributed by atoms with Crippen LogP contribution in [0.15, 0.2) is 91.0 Å².